The number of carbonyl (C=O) groups is 1. The van der Waals surface area contributed by atoms with E-state index in [9.17, 15) is 9.90 Å². The lowest BCUT2D eigenvalue weighted by Crippen LogP contribution is -2.30. The van der Waals surface area contributed by atoms with Crippen molar-refractivity contribution >= 4 is 5.97 Å². The Hall–Kier alpha value is -2.37. The Labute approximate surface area is 165 Å². The molecule has 1 heterocycles. The van der Waals surface area contributed by atoms with Crippen molar-refractivity contribution < 1.29 is 19.4 Å². The highest BCUT2D eigenvalue weighted by molar-refractivity contribution is 5.88. The highest BCUT2D eigenvalue weighted by Crippen LogP contribution is 2.30. The van der Waals surface area contributed by atoms with E-state index in [0.29, 0.717) is 26.2 Å². The molecule has 5 heteroatoms. The summed E-state index contributed by atoms with van der Waals surface area (Å²) in [5, 5.41) is 9.34. The molecule has 1 fully saturated rings. The number of rotatable bonds is 3. The summed E-state index contributed by atoms with van der Waals surface area (Å²) in [4.78, 5) is 13.9. The van der Waals surface area contributed by atoms with E-state index in [-0.39, 0.29) is 5.56 Å². The van der Waals surface area contributed by atoms with Crippen molar-refractivity contribution in [1.29, 1.82) is 0 Å². The van der Waals surface area contributed by atoms with Crippen molar-refractivity contribution in [2.24, 2.45) is 5.92 Å². The monoisotopic (exact) mass is 381 g/mol. The van der Waals surface area contributed by atoms with Crippen molar-refractivity contribution in [3.63, 3.8) is 0 Å². The van der Waals surface area contributed by atoms with E-state index in [1.807, 2.05) is 0 Å². The molecule has 0 atom stereocenters. The second-order valence-electron chi connectivity index (χ2n) is 7.76. The predicted octanol–water partition coefficient (Wildman–Crippen LogP) is 3.60. The lowest BCUT2D eigenvalue weighted by molar-refractivity contribution is 0.0695. The Bertz CT molecular complexity index is 831. The van der Waals surface area contributed by atoms with Crippen molar-refractivity contribution in [1.82, 2.24) is 4.90 Å². The van der Waals surface area contributed by atoms with Crippen molar-refractivity contribution in [2.45, 2.75) is 25.8 Å². The lowest BCUT2D eigenvalue weighted by Gasteiger charge is -2.23. The molecule has 0 aromatic heterocycles. The summed E-state index contributed by atoms with van der Waals surface area (Å²) in [7, 11) is 0. The maximum atomic E-state index is 11.4. The third-order valence-electron chi connectivity index (χ3n) is 5.35. The number of hydrogen-bond acceptors (Lipinski definition) is 4. The summed E-state index contributed by atoms with van der Waals surface area (Å²) >= 11 is 0. The molecule has 0 saturated heterocycles. The zero-order valence-corrected chi connectivity index (χ0v) is 16.1. The Balaban J connectivity index is 1.60. The summed E-state index contributed by atoms with van der Waals surface area (Å²) in [6, 6.07) is 13.6. The fourth-order valence-electron chi connectivity index (χ4n) is 3.71. The number of ether oxygens (including phenoxy) is 2. The van der Waals surface area contributed by atoms with Gasteiger partial charge in [-0.25, -0.2) is 4.79 Å². The summed E-state index contributed by atoms with van der Waals surface area (Å²) < 4.78 is 11.7. The summed E-state index contributed by atoms with van der Waals surface area (Å²) in [6.45, 7) is 4.67. The molecule has 0 radical (unpaired) electrons. The first-order chi connectivity index (χ1) is 13.7. The van der Waals surface area contributed by atoms with Gasteiger partial charge >= 0.3 is 5.97 Å². The van der Waals surface area contributed by atoms with Crippen LogP contribution in [-0.2, 0) is 17.7 Å². The minimum absolute atomic E-state index is 0.284. The molecule has 2 aromatic carbocycles. The van der Waals surface area contributed by atoms with Gasteiger partial charge in [0.05, 0.1) is 18.8 Å². The van der Waals surface area contributed by atoms with Crippen LogP contribution in [-0.4, -0.2) is 48.9 Å². The average molecular weight is 381 g/mol. The molecule has 148 valence electrons. The molecule has 2 aliphatic rings. The normalized spacial score (nSPS) is 18.6. The Morgan fingerprint density at radius 2 is 1.93 bits per heavy atom. The highest BCUT2D eigenvalue weighted by Gasteiger charge is 2.24. The summed E-state index contributed by atoms with van der Waals surface area (Å²) in [5.74, 6) is 0.646. The molecule has 4 rings (SSSR count). The lowest BCUT2D eigenvalue weighted by atomic mass is 10.00. The third-order valence-corrected chi connectivity index (χ3v) is 5.35. The number of benzene rings is 2. The first-order valence-corrected chi connectivity index (χ1v) is 10.0. The summed E-state index contributed by atoms with van der Waals surface area (Å²) in [6.07, 6.45) is 3.33. The van der Waals surface area contributed by atoms with E-state index < -0.39 is 5.97 Å². The molecule has 0 spiro atoms. The minimum Gasteiger partial charge on any atom is -0.491 e. The number of fused-ring (bicyclic) bond motifs is 3. The standard InChI is InChI=1S/C23H27NO4/c25-23(26)20-6-7-22-21(14-20)13-18-2-1-3-19(12-18)16-24(15-17-4-5-17)8-9-27-10-11-28-22/h1-3,6-7,12,14,17H,4-5,8-11,13,15-16H2,(H,25,26). The average Bonchev–Trinajstić information content (AvgIpc) is 3.49. The van der Waals surface area contributed by atoms with Crippen LogP contribution in [0.4, 0.5) is 0 Å². The van der Waals surface area contributed by atoms with Gasteiger partial charge in [0.15, 0.2) is 0 Å². The number of carboxylic acid groups (broad SMARTS) is 1. The molecule has 1 N–H and O–H groups in total. The zero-order valence-electron chi connectivity index (χ0n) is 16.1. The Kier molecular flexibility index (Phi) is 5.93. The van der Waals surface area contributed by atoms with E-state index in [2.05, 4.69) is 29.2 Å². The van der Waals surface area contributed by atoms with E-state index in [1.165, 1.54) is 24.0 Å². The molecular weight excluding hydrogens is 354 g/mol. The molecule has 2 aromatic rings. The second kappa shape index (κ2) is 8.76. The molecule has 28 heavy (non-hydrogen) atoms. The van der Waals surface area contributed by atoms with E-state index in [0.717, 1.165) is 36.9 Å². The number of aromatic carboxylic acids is 1. The fourth-order valence-corrected chi connectivity index (χ4v) is 3.71. The van der Waals surface area contributed by atoms with Gasteiger partial charge in [-0.15, -0.1) is 0 Å². The third kappa shape index (κ3) is 5.12. The Morgan fingerprint density at radius 1 is 1.07 bits per heavy atom. The van der Waals surface area contributed by atoms with Gasteiger partial charge in [-0.05, 0) is 53.6 Å². The van der Waals surface area contributed by atoms with Crippen LogP contribution in [0.15, 0.2) is 42.5 Å². The number of hydrogen-bond donors (Lipinski definition) is 1. The first-order valence-electron chi connectivity index (χ1n) is 10.0. The van der Waals surface area contributed by atoms with Gasteiger partial charge in [0.1, 0.15) is 12.4 Å². The van der Waals surface area contributed by atoms with Gasteiger partial charge in [-0.3, -0.25) is 4.90 Å². The van der Waals surface area contributed by atoms with E-state index in [1.54, 1.807) is 18.2 Å². The van der Waals surface area contributed by atoms with Crippen LogP contribution in [0.1, 0.15) is 39.9 Å². The van der Waals surface area contributed by atoms with Crippen LogP contribution in [0.5, 0.6) is 5.75 Å². The molecular formula is C23H27NO4. The van der Waals surface area contributed by atoms with Crippen molar-refractivity contribution in [2.75, 3.05) is 32.9 Å². The van der Waals surface area contributed by atoms with Crippen LogP contribution in [0.3, 0.4) is 0 Å². The SMILES string of the molecule is O=C(O)c1ccc2c(c1)Cc1cccc(c1)CN(CC1CC1)CCOCCO2. The smallest absolute Gasteiger partial charge is 0.335 e. The minimum atomic E-state index is -0.921. The van der Waals surface area contributed by atoms with Gasteiger partial charge in [0, 0.05) is 26.1 Å². The first kappa shape index (κ1) is 19.0. The van der Waals surface area contributed by atoms with Gasteiger partial charge in [0.2, 0.25) is 0 Å². The van der Waals surface area contributed by atoms with Gasteiger partial charge in [-0.1, -0.05) is 24.3 Å². The van der Waals surface area contributed by atoms with Crippen LogP contribution in [0.25, 0.3) is 0 Å². The fraction of sp³-hybridized carbons (Fsp3) is 0.435. The second-order valence-corrected chi connectivity index (χ2v) is 7.76. The van der Waals surface area contributed by atoms with Crippen molar-refractivity contribution in [3.8, 4) is 5.75 Å². The Morgan fingerprint density at radius 3 is 2.75 bits per heavy atom. The predicted molar refractivity (Wildman–Crippen MR) is 107 cm³/mol. The maximum Gasteiger partial charge on any atom is 0.335 e. The number of carboxylic acids is 1. The largest absolute Gasteiger partial charge is 0.491 e. The molecule has 1 aliphatic heterocycles. The van der Waals surface area contributed by atoms with Gasteiger partial charge in [0.25, 0.3) is 0 Å². The quantitative estimate of drug-likeness (QED) is 0.880. The van der Waals surface area contributed by atoms with Gasteiger partial charge < -0.3 is 14.6 Å². The van der Waals surface area contributed by atoms with Crippen LogP contribution in [0, 0.1) is 5.92 Å². The van der Waals surface area contributed by atoms with Crippen LogP contribution >= 0.6 is 0 Å². The zero-order chi connectivity index (χ0) is 19.3. The van der Waals surface area contributed by atoms with E-state index in [4.69, 9.17) is 9.47 Å². The molecule has 0 amide bonds. The highest BCUT2D eigenvalue weighted by atomic mass is 16.5. The van der Waals surface area contributed by atoms with Crippen molar-refractivity contribution in [3.05, 3.63) is 64.7 Å². The molecule has 2 bridgehead atoms. The summed E-state index contributed by atoms with van der Waals surface area (Å²) in [5.41, 5.74) is 3.63. The molecule has 1 saturated carbocycles. The van der Waals surface area contributed by atoms with Gasteiger partial charge in [-0.2, -0.15) is 0 Å². The number of nitrogens with zero attached hydrogens (tertiary/aromatic N) is 1. The maximum absolute atomic E-state index is 11.4. The van der Waals surface area contributed by atoms with Crippen LogP contribution in [0.2, 0.25) is 0 Å². The van der Waals surface area contributed by atoms with Crippen LogP contribution < -0.4 is 4.74 Å². The molecule has 1 aliphatic carbocycles. The van der Waals surface area contributed by atoms with E-state index >= 15 is 0 Å². The molecule has 5 nitrogen and oxygen atoms in total. The molecule has 0 unspecified atom stereocenters. The topological polar surface area (TPSA) is 59.0 Å².